The zero-order valence-electron chi connectivity index (χ0n) is 11.9. The normalized spacial score (nSPS) is 22.9. The van der Waals surface area contributed by atoms with Crippen molar-refractivity contribution in [2.75, 3.05) is 13.1 Å². The van der Waals surface area contributed by atoms with Gasteiger partial charge >= 0.3 is 5.97 Å². The van der Waals surface area contributed by atoms with Crippen LogP contribution < -0.4 is 5.32 Å². The molecule has 1 aromatic rings. The Morgan fingerprint density at radius 1 is 1.40 bits per heavy atom. The van der Waals surface area contributed by atoms with Crippen LogP contribution in [0.1, 0.15) is 32.3 Å². The molecule has 1 aliphatic heterocycles. The lowest BCUT2D eigenvalue weighted by Gasteiger charge is -2.25. The average Bonchev–Trinajstić information content (AvgIpc) is 2.79. The molecule has 0 spiro atoms. The number of carbonyl (C=O) groups excluding carboxylic acids is 1. The van der Waals surface area contributed by atoms with Crippen LogP contribution in [0.4, 0.5) is 4.39 Å². The molecule has 3 nitrogen and oxygen atoms in total. The highest BCUT2D eigenvalue weighted by atomic mass is 35.5. The van der Waals surface area contributed by atoms with E-state index in [1.165, 1.54) is 12.1 Å². The number of esters is 1. The number of carbonyl (C=O) groups is 1. The molecule has 0 amide bonds. The van der Waals surface area contributed by atoms with Gasteiger partial charge in [0.05, 0.1) is 5.92 Å². The number of hydrogen-bond acceptors (Lipinski definition) is 3. The summed E-state index contributed by atoms with van der Waals surface area (Å²) in [6.45, 7) is 6.50. The van der Waals surface area contributed by atoms with Gasteiger partial charge in [-0.25, -0.2) is 4.39 Å². The van der Waals surface area contributed by atoms with E-state index in [9.17, 15) is 9.18 Å². The lowest BCUT2D eigenvalue weighted by atomic mass is 9.88. The van der Waals surface area contributed by atoms with Crippen molar-refractivity contribution >= 4 is 17.6 Å². The second kappa shape index (κ2) is 5.70. The van der Waals surface area contributed by atoms with Crippen LogP contribution in [-0.2, 0) is 9.53 Å². The third kappa shape index (κ3) is 3.49. The van der Waals surface area contributed by atoms with E-state index >= 15 is 0 Å². The molecule has 0 saturated carbocycles. The van der Waals surface area contributed by atoms with E-state index in [4.69, 9.17) is 16.3 Å². The maximum absolute atomic E-state index is 14.0. The topological polar surface area (TPSA) is 38.3 Å². The minimum Gasteiger partial charge on any atom is -0.460 e. The first-order chi connectivity index (χ1) is 9.28. The van der Waals surface area contributed by atoms with Crippen molar-refractivity contribution in [3.8, 4) is 0 Å². The van der Waals surface area contributed by atoms with Crippen molar-refractivity contribution in [2.24, 2.45) is 5.92 Å². The molecule has 0 aliphatic carbocycles. The number of halogens is 2. The van der Waals surface area contributed by atoms with E-state index in [-0.39, 0.29) is 23.6 Å². The molecule has 2 atom stereocenters. The van der Waals surface area contributed by atoms with Crippen LogP contribution in [0.3, 0.4) is 0 Å². The second-order valence-electron chi connectivity index (χ2n) is 6.07. The van der Waals surface area contributed by atoms with E-state index in [0.29, 0.717) is 23.7 Å². The molecule has 1 saturated heterocycles. The van der Waals surface area contributed by atoms with Gasteiger partial charge in [-0.2, -0.15) is 0 Å². The van der Waals surface area contributed by atoms with Gasteiger partial charge in [0.1, 0.15) is 11.4 Å². The van der Waals surface area contributed by atoms with Crippen LogP contribution in [0.15, 0.2) is 18.2 Å². The minimum absolute atomic E-state index is 0.247. The number of ether oxygens (including phenoxy) is 1. The first-order valence-electron chi connectivity index (χ1n) is 6.66. The van der Waals surface area contributed by atoms with Gasteiger partial charge < -0.3 is 10.1 Å². The average molecular weight is 300 g/mol. The number of benzene rings is 1. The molecule has 1 fully saturated rings. The van der Waals surface area contributed by atoms with Gasteiger partial charge in [0.25, 0.3) is 0 Å². The summed E-state index contributed by atoms with van der Waals surface area (Å²) in [6.07, 6.45) is 0. The van der Waals surface area contributed by atoms with Crippen molar-refractivity contribution in [3.63, 3.8) is 0 Å². The molecular formula is C15H19ClFNO2. The fourth-order valence-corrected chi connectivity index (χ4v) is 2.61. The lowest BCUT2D eigenvalue weighted by Crippen LogP contribution is -2.32. The summed E-state index contributed by atoms with van der Waals surface area (Å²) >= 11 is 5.93. The summed E-state index contributed by atoms with van der Waals surface area (Å²) in [6, 6.07) is 4.43. The van der Waals surface area contributed by atoms with Crippen molar-refractivity contribution in [1.29, 1.82) is 0 Å². The van der Waals surface area contributed by atoms with E-state index in [1.54, 1.807) is 6.07 Å². The van der Waals surface area contributed by atoms with Crippen molar-refractivity contribution in [3.05, 3.63) is 34.6 Å². The monoisotopic (exact) mass is 299 g/mol. The third-order valence-electron chi connectivity index (χ3n) is 3.28. The molecule has 0 radical (unpaired) electrons. The standard InChI is InChI=1S/C15H19ClFNO2/c1-15(2,3)20-14(19)12-8-18-7-11(12)10-6-9(16)4-5-13(10)17/h4-6,11-12,18H,7-8H2,1-3H3. The van der Waals surface area contributed by atoms with Gasteiger partial charge in [-0.05, 0) is 44.5 Å². The molecule has 1 heterocycles. The SMILES string of the molecule is CC(C)(C)OC(=O)C1CNCC1c1cc(Cl)ccc1F. The molecule has 2 rings (SSSR count). The van der Waals surface area contributed by atoms with E-state index in [1.807, 2.05) is 20.8 Å². The number of hydrogen-bond donors (Lipinski definition) is 1. The Bertz CT molecular complexity index is 513. The molecule has 20 heavy (non-hydrogen) atoms. The molecule has 1 N–H and O–H groups in total. The maximum Gasteiger partial charge on any atom is 0.311 e. The predicted octanol–water partition coefficient (Wildman–Crippen LogP) is 3.12. The zero-order chi connectivity index (χ0) is 14.9. The molecule has 1 aromatic carbocycles. The lowest BCUT2D eigenvalue weighted by molar-refractivity contribution is -0.159. The van der Waals surface area contributed by atoms with Crippen LogP contribution in [0, 0.1) is 11.7 Å². The molecule has 110 valence electrons. The Hall–Kier alpha value is -1.13. The van der Waals surface area contributed by atoms with Gasteiger partial charge in [0.2, 0.25) is 0 Å². The predicted molar refractivity (Wildman–Crippen MR) is 76.4 cm³/mol. The minimum atomic E-state index is -0.545. The van der Waals surface area contributed by atoms with Crippen LogP contribution in [0.25, 0.3) is 0 Å². The second-order valence-corrected chi connectivity index (χ2v) is 6.51. The van der Waals surface area contributed by atoms with Crippen molar-refractivity contribution in [2.45, 2.75) is 32.3 Å². The van der Waals surface area contributed by atoms with E-state index < -0.39 is 5.60 Å². The van der Waals surface area contributed by atoms with Gasteiger partial charge in [-0.1, -0.05) is 11.6 Å². The number of nitrogens with one attached hydrogen (secondary N) is 1. The smallest absolute Gasteiger partial charge is 0.311 e. The Kier molecular flexibility index (Phi) is 4.35. The van der Waals surface area contributed by atoms with Crippen LogP contribution >= 0.6 is 11.6 Å². The Balaban J connectivity index is 2.23. The molecule has 0 bridgehead atoms. The van der Waals surface area contributed by atoms with Gasteiger partial charge in [0.15, 0.2) is 0 Å². The first-order valence-corrected chi connectivity index (χ1v) is 7.04. The van der Waals surface area contributed by atoms with Crippen molar-refractivity contribution in [1.82, 2.24) is 5.32 Å². The van der Waals surface area contributed by atoms with Gasteiger partial charge in [0, 0.05) is 24.0 Å². The summed E-state index contributed by atoms with van der Waals surface area (Å²) in [4.78, 5) is 12.2. The van der Waals surface area contributed by atoms with Gasteiger partial charge in [-0.3, -0.25) is 4.79 Å². The van der Waals surface area contributed by atoms with Crippen LogP contribution in [0.5, 0.6) is 0 Å². The Labute approximate surface area is 123 Å². The van der Waals surface area contributed by atoms with E-state index in [2.05, 4.69) is 5.32 Å². The molecule has 2 unspecified atom stereocenters. The van der Waals surface area contributed by atoms with Gasteiger partial charge in [-0.15, -0.1) is 0 Å². The van der Waals surface area contributed by atoms with Crippen LogP contribution in [-0.4, -0.2) is 24.7 Å². The molecular weight excluding hydrogens is 281 g/mol. The summed E-state index contributed by atoms with van der Waals surface area (Å²) in [7, 11) is 0. The summed E-state index contributed by atoms with van der Waals surface area (Å²) in [5, 5.41) is 3.59. The fourth-order valence-electron chi connectivity index (χ4n) is 2.43. The Morgan fingerprint density at radius 2 is 2.10 bits per heavy atom. The summed E-state index contributed by atoms with van der Waals surface area (Å²) < 4.78 is 19.4. The maximum atomic E-state index is 14.0. The molecule has 5 heteroatoms. The van der Waals surface area contributed by atoms with Crippen LogP contribution in [0.2, 0.25) is 5.02 Å². The highest BCUT2D eigenvalue weighted by Gasteiger charge is 2.38. The van der Waals surface area contributed by atoms with Crippen molar-refractivity contribution < 1.29 is 13.9 Å². The molecule has 0 aromatic heterocycles. The summed E-state index contributed by atoms with van der Waals surface area (Å²) in [5.74, 6) is -1.27. The quantitative estimate of drug-likeness (QED) is 0.853. The fraction of sp³-hybridized carbons (Fsp3) is 0.533. The highest BCUT2D eigenvalue weighted by molar-refractivity contribution is 6.30. The zero-order valence-corrected chi connectivity index (χ0v) is 12.6. The number of rotatable bonds is 2. The third-order valence-corrected chi connectivity index (χ3v) is 3.52. The van der Waals surface area contributed by atoms with E-state index in [0.717, 1.165) is 0 Å². The summed E-state index contributed by atoms with van der Waals surface area (Å²) in [5.41, 5.74) is -0.0738. The highest BCUT2D eigenvalue weighted by Crippen LogP contribution is 2.33. The first kappa shape index (κ1) is 15.3. The molecule has 1 aliphatic rings. The largest absolute Gasteiger partial charge is 0.460 e. The Morgan fingerprint density at radius 3 is 2.75 bits per heavy atom.